The van der Waals surface area contributed by atoms with Crippen molar-refractivity contribution in [3.8, 4) is 11.1 Å². The second-order valence-electron chi connectivity index (χ2n) is 4.05. The van der Waals surface area contributed by atoms with Gasteiger partial charge in [0.25, 0.3) is 0 Å². The molecule has 2 aromatic heterocycles. The predicted molar refractivity (Wildman–Crippen MR) is 68.5 cm³/mol. The van der Waals surface area contributed by atoms with Gasteiger partial charge in [-0.15, -0.1) is 0 Å². The minimum Gasteiger partial charge on any atom is -0.369 e. The van der Waals surface area contributed by atoms with Gasteiger partial charge in [0.15, 0.2) is 5.95 Å². The van der Waals surface area contributed by atoms with Crippen molar-refractivity contribution in [1.29, 1.82) is 0 Å². The van der Waals surface area contributed by atoms with Crippen LogP contribution >= 0.6 is 0 Å². The second kappa shape index (κ2) is 3.59. The van der Waals surface area contributed by atoms with E-state index in [0.29, 0.717) is 5.95 Å². The molecule has 4 heteroatoms. The summed E-state index contributed by atoms with van der Waals surface area (Å²) >= 11 is 0. The van der Waals surface area contributed by atoms with Crippen molar-refractivity contribution in [2.75, 3.05) is 5.73 Å². The summed E-state index contributed by atoms with van der Waals surface area (Å²) in [7, 11) is 0. The fourth-order valence-corrected chi connectivity index (χ4v) is 2.02. The number of aromatic nitrogens is 3. The second-order valence-corrected chi connectivity index (χ2v) is 4.05. The van der Waals surface area contributed by atoms with Gasteiger partial charge in [-0.3, -0.25) is 4.98 Å². The number of fused-ring (bicyclic) bond motifs is 1. The zero-order valence-corrected chi connectivity index (χ0v) is 9.44. The molecular formula is C13H12N4. The van der Waals surface area contributed by atoms with Crippen molar-refractivity contribution in [3.63, 3.8) is 0 Å². The third kappa shape index (κ3) is 1.63. The topological polar surface area (TPSA) is 67.6 Å². The maximum atomic E-state index is 5.65. The quantitative estimate of drug-likeness (QED) is 0.667. The lowest BCUT2D eigenvalue weighted by Gasteiger charge is -2.05. The Hall–Kier alpha value is -2.36. The summed E-state index contributed by atoms with van der Waals surface area (Å²) in [4.78, 5) is 11.4. The summed E-state index contributed by atoms with van der Waals surface area (Å²) in [5.74, 6) is 0.447. The number of pyridine rings is 1. The summed E-state index contributed by atoms with van der Waals surface area (Å²) in [6, 6.07) is 8.06. The number of hydrogen-bond donors (Lipinski definition) is 2. The van der Waals surface area contributed by atoms with Crippen molar-refractivity contribution in [2.45, 2.75) is 6.92 Å². The van der Waals surface area contributed by atoms with E-state index in [1.165, 1.54) is 5.56 Å². The molecule has 0 atom stereocenters. The summed E-state index contributed by atoms with van der Waals surface area (Å²) in [6.07, 6.45) is 3.62. The van der Waals surface area contributed by atoms with Gasteiger partial charge in [-0.25, -0.2) is 4.98 Å². The molecule has 0 saturated heterocycles. The first-order valence-corrected chi connectivity index (χ1v) is 5.40. The Balaban J connectivity index is 2.26. The third-order valence-electron chi connectivity index (χ3n) is 2.82. The Bertz CT molecular complexity index is 670. The number of rotatable bonds is 1. The molecule has 84 valence electrons. The fourth-order valence-electron chi connectivity index (χ4n) is 2.02. The van der Waals surface area contributed by atoms with Crippen LogP contribution in [0.15, 0.2) is 36.7 Å². The molecule has 3 rings (SSSR count). The first-order valence-electron chi connectivity index (χ1n) is 5.40. The number of nitrogens with one attached hydrogen (secondary N) is 1. The SMILES string of the molecule is Cc1cc2[nH]c(N)nc2cc1-c1cccnc1. The number of hydrogen-bond acceptors (Lipinski definition) is 3. The molecule has 0 fully saturated rings. The number of nitrogens with zero attached hydrogens (tertiary/aromatic N) is 2. The zero-order chi connectivity index (χ0) is 11.8. The van der Waals surface area contributed by atoms with Crippen LogP contribution in [0.25, 0.3) is 22.2 Å². The van der Waals surface area contributed by atoms with Crippen LogP contribution in [-0.4, -0.2) is 15.0 Å². The van der Waals surface area contributed by atoms with Crippen molar-refractivity contribution in [2.24, 2.45) is 0 Å². The number of imidazole rings is 1. The average molecular weight is 224 g/mol. The monoisotopic (exact) mass is 224 g/mol. The van der Waals surface area contributed by atoms with E-state index in [0.717, 1.165) is 22.2 Å². The van der Waals surface area contributed by atoms with Gasteiger partial charge in [0, 0.05) is 18.0 Å². The van der Waals surface area contributed by atoms with E-state index in [1.807, 2.05) is 24.4 Å². The average Bonchev–Trinajstić information content (AvgIpc) is 2.68. The van der Waals surface area contributed by atoms with Gasteiger partial charge < -0.3 is 10.7 Å². The van der Waals surface area contributed by atoms with Crippen LogP contribution in [-0.2, 0) is 0 Å². The Morgan fingerprint density at radius 3 is 2.94 bits per heavy atom. The predicted octanol–water partition coefficient (Wildman–Crippen LogP) is 2.52. The van der Waals surface area contributed by atoms with Crippen molar-refractivity contribution < 1.29 is 0 Å². The molecule has 3 N–H and O–H groups in total. The molecule has 2 heterocycles. The first kappa shape index (κ1) is 9.84. The van der Waals surface area contributed by atoms with E-state index < -0.39 is 0 Å². The Morgan fingerprint density at radius 2 is 2.18 bits per heavy atom. The van der Waals surface area contributed by atoms with Crippen molar-refractivity contribution in [1.82, 2.24) is 15.0 Å². The highest BCUT2D eigenvalue weighted by Crippen LogP contribution is 2.27. The van der Waals surface area contributed by atoms with Gasteiger partial charge in [0.05, 0.1) is 11.0 Å². The van der Waals surface area contributed by atoms with Gasteiger partial charge in [-0.1, -0.05) is 6.07 Å². The molecule has 1 aromatic carbocycles. The fraction of sp³-hybridized carbons (Fsp3) is 0.0769. The normalized spacial score (nSPS) is 10.9. The van der Waals surface area contributed by atoms with E-state index in [2.05, 4.69) is 27.9 Å². The van der Waals surface area contributed by atoms with Gasteiger partial charge in [0.1, 0.15) is 0 Å². The molecule has 0 radical (unpaired) electrons. The Morgan fingerprint density at radius 1 is 1.29 bits per heavy atom. The molecule has 0 aliphatic heterocycles. The standard InChI is InChI=1S/C13H12N4/c1-8-5-11-12(17-13(14)16-11)6-10(8)9-3-2-4-15-7-9/h2-7H,1H3,(H3,14,16,17). The lowest BCUT2D eigenvalue weighted by Crippen LogP contribution is -1.85. The number of aryl methyl sites for hydroxylation is 1. The van der Waals surface area contributed by atoms with Crippen LogP contribution in [0.4, 0.5) is 5.95 Å². The van der Waals surface area contributed by atoms with E-state index in [4.69, 9.17) is 5.73 Å². The number of nitrogens with two attached hydrogens (primary N) is 1. The minimum atomic E-state index is 0.447. The van der Waals surface area contributed by atoms with Crippen LogP contribution in [0.1, 0.15) is 5.56 Å². The Kier molecular flexibility index (Phi) is 2.08. The lowest BCUT2D eigenvalue weighted by molar-refractivity contribution is 1.32. The van der Waals surface area contributed by atoms with Crippen LogP contribution in [0.2, 0.25) is 0 Å². The first-order chi connectivity index (χ1) is 8.24. The van der Waals surface area contributed by atoms with Gasteiger partial charge >= 0.3 is 0 Å². The van der Waals surface area contributed by atoms with Gasteiger partial charge in [0.2, 0.25) is 0 Å². The third-order valence-corrected chi connectivity index (χ3v) is 2.82. The number of H-pyrrole nitrogens is 1. The van der Waals surface area contributed by atoms with Crippen LogP contribution in [0.3, 0.4) is 0 Å². The highest BCUT2D eigenvalue weighted by molar-refractivity contribution is 5.85. The molecule has 0 amide bonds. The Labute approximate surface area is 98.5 Å². The molecule has 0 bridgehead atoms. The molecule has 0 aliphatic carbocycles. The molecular weight excluding hydrogens is 212 g/mol. The van der Waals surface area contributed by atoms with Crippen molar-refractivity contribution >= 4 is 17.0 Å². The van der Waals surface area contributed by atoms with Crippen molar-refractivity contribution in [3.05, 3.63) is 42.2 Å². The highest BCUT2D eigenvalue weighted by Gasteiger charge is 2.06. The smallest absolute Gasteiger partial charge is 0.198 e. The molecule has 3 aromatic rings. The summed E-state index contributed by atoms with van der Waals surface area (Å²) in [6.45, 7) is 2.07. The molecule has 4 nitrogen and oxygen atoms in total. The summed E-state index contributed by atoms with van der Waals surface area (Å²) in [5.41, 5.74) is 10.9. The minimum absolute atomic E-state index is 0.447. The van der Waals surface area contributed by atoms with Crippen LogP contribution < -0.4 is 5.73 Å². The van der Waals surface area contributed by atoms with Gasteiger partial charge in [-0.2, -0.15) is 0 Å². The summed E-state index contributed by atoms with van der Waals surface area (Å²) < 4.78 is 0. The van der Waals surface area contributed by atoms with Crippen LogP contribution in [0, 0.1) is 6.92 Å². The molecule has 0 saturated carbocycles. The van der Waals surface area contributed by atoms with Crippen LogP contribution in [0.5, 0.6) is 0 Å². The largest absolute Gasteiger partial charge is 0.369 e. The van der Waals surface area contributed by atoms with Gasteiger partial charge in [-0.05, 0) is 36.2 Å². The lowest BCUT2D eigenvalue weighted by atomic mass is 10.0. The molecule has 17 heavy (non-hydrogen) atoms. The van der Waals surface area contributed by atoms with E-state index in [9.17, 15) is 0 Å². The number of anilines is 1. The molecule has 0 unspecified atom stereocenters. The molecule has 0 aliphatic rings. The van der Waals surface area contributed by atoms with E-state index >= 15 is 0 Å². The number of benzene rings is 1. The highest BCUT2D eigenvalue weighted by atomic mass is 15.0. The zero-order valence-electron chi connectivity index (χ0n) is 9.44. The molecule has 0 spiro atoms. The van der Waals surface area contributed by atoms with E-state index in [-0.39, 0.29) is 0 Å². The number of nitrogen functional groups attached to an aromatic ring is 1. The maximum absolute atomic E-state index is 5.65. The van der Waals surface area contributed by atoms with E-state index in [1.54, 1.807) is 6.20 Å². The number of aromatic amines is 1. The maximum Gasteiger partial charge on any atom is 0.198 e. The summed E-state index contributed by atoms with van der Waals surface area (Å²) in [5, 5.41) is 0.